The monoisotopic (exact) mass is 570 g/mol. The molecule has 0 heterocycles. The number of hydrogen-bond donors (Lipinski definition) is 1. The Labute approximate surface area is 247 Å². The largest absolute Gasteiger partial charge is 0.465 e. The molecule has 0 amide bonds. The molecule has 1 unspecified atom stereocenters. The van der Waals surface area contributed by atoms with E-state index in [0.717, 1.165) is 90.0 Å². The molecule has 0 saturated carbocycles. The van der Waals surface area contributed by atoms with Gasteiger partial charge in [-0.05, 0) is 77.9 Å². The second-order valence-electron chi connectivity index (χ2n) is 12.2. The van der Waals surface area contributed by atoms with Gasteiger partial charge in [-0.3, -0.25) is 9.59 Å². The molecular weight excluding hydrogens is 506 g/mol. The molecule has 0 spiro atoms. The number of esters is 2. The van der Waals surface area contributed by atoms with Crippen molar-refractivity contribution in [3.63, 3.8) is 0 Å². The fraction of sp³-hybridized carbons (Fsp3) is 0.909. The van der Waals surface area contributed by atoms with Crippen molar-refractivity contribution < 1.29 is 28.9 Å². The number of nitrogens with zero attached hydrogens (tertiary/aromatic N) is 1. The Hall–Kier alpha value is -1.18. The third-order valence-electron chi connectivity index (χ3n) is 7.49. The molecule has 0 rings (SSSR count). The van der Waals surface area contributed by atoms with Crippen LogP contribution in [0.1, 0.15) is 130 Å². The predicted molar refractivity (Wildman–Crippen MR) is 164 cm³/mol. The van der Waals surface area contributed by atoms with Crippen LogP contribution < -0.4 is 0 Å². The van der Waals surface area contributed by atoms with Crippen molar-refractivity contribution >= 4 is 11.9 Å². The summed E-state index contributed by atoms with van der Waals surface area (Å²) in [6.07, 6.45) is 14.1. The lowest BCUT2D eigenvalue weighted by molar-refractivity contribution is -0.165. The highest BCUT2D eigenvalue weighted by atomic mass is 16.6. The van der Waals surface area contributed by atoms with E-state index in [1.54, 1.807) is 0 Å². The van der Waals surface area contributed by atoms with E-state index < -0.39 is 11.7 Å². The van der Waals surface area contributed by atoms with Crippen molar-refractivity contribution in [1.29, 1.82) is 0 Å². The highest BCUT2D eigenvalue weighted by Gasteiger charge is 2.31. The van der Waals surface area contributed by atoms with Crippen LogP contribution in [0.5, 0.6) is 0 Å². The smallest absolute Gasteiger partial charge is 0.306 e. The van der Waals surface area contributed by atoms with Crippen molar-refractivity contribution in [2.75, 3.05) is 40.5 Å². The zero-order valence-corrected chi connectivity index (χ0v) is 27.0. The van der Waals surface area contributed by atoms with Crippen LogP contribution in [0.2, 0.25) is 0 Å². The van der Waals surface area contributed by atoms with E-state index in [1.165, 1.54) is 0 Å². The number of ether oxygens (including phenoxy) is 3. The van der Waals surface area contributed by atoms with Crippen molar-refractivity contribution in [2.45, 2.75) is 137 Å². The van der Waals surface area contributed by atoms with Gasteiger partial charge in [0.15, 0.2) is 6.29 Å². The van der Waals surface area contributed by atoms with E-state index in [-0.39, 0.29) is 31.8 Å². The Morgan fingerprint density at radius 1 is 0.700 bits per heavy atom. The fourth-order valence-corrected chi connectivity index (χ4v) is 4.79. The average molecular weight is 571 g/mol. The summed E-state index contributed by atoms with van der Waals surface area (Å²) in [4.78, 5) is 27.7. The molecule has 0 bridgehead atoms. The van der Waals surface area contributed by atoms with Gasteiger partial charge in [-0.2, -0.15) is 0 Å². The first kappa shape index (κ1) is 38.8. The van der Waals surface area contributed by atoms with Crippen LogP contribution in [0.3, 0.4) is 0 Å². The molecule has 0 aromatic rings. The zero-order chi connectivity index (χ0) is 30.2. The quantitative estimate of drug-likeness (QED) is 0.0816. The third kappa shape index (κ3) is 21.6. The number of unbranched alkanes of at least 4 members (excludes halogenated alkanes) is 4. The maximum atomic E-state index is 12.8. The molecule has 1 N–H and O–H groups in total. The summed E-state index contributed by atoms with van der Waals surface area (Å²) in [5.74, 6) is 0.148. The molecule has 7 heteroatoms. The number of aliphatic hydroxyl groups is 1. The SMILES string of the molecule is [CH2]C(COC(=O)CC(CCCC)CCCC)(COC(=O)CC(CCCC)CCCC)COC(O)CCCN(C)C. The maximum absolute atomic E-state index is 12.8. The lowest BCUT2D eigenvalue weighted by atomic mass is 9.92. The standard InChI is InChI=1S/C33H64NO6/c1-8-12-17-28(18-13-9-2)23-31(36)39-26-33(5,25-38-30(35)21-16-22-34(6)7)27-40-32(37)24-29(19-14-10-3)20-15-11-4/h28-30,35H,5,8-27H2,1-4,6-7H3. The summed E-state index contributed by atoms with van der Waals surface area (Å²) in [5.41, 5.74) is -0.988. The summed E-state index contributed by atoms with van der Waals surface area (Å²) in [6.45, 7) is 13.7. The molecule has 0 aromatic carbocycles. The summed E-state index contributed by atoms with van der Waals surface area (Å²) in [7, 11) is 3.97. The molecular formula is C33H64NO6. The molecule has 7 nitrogen and oxygen atoms in total. The van der Waals surface area contributed by atoms with Crippen LogP contribution in [0, 0.1) is 24.2 Å². The topological polar surface area (TPSA) is 85.3 Å². The predicted octanol–water partition coefficient (Wildman–Crippen LogP) is 7.34. The van der Waals surface area contributed by atoms with Gasteiger partial charge in [0.1, 0.15) is 13.2 Å². The van der Waals surface area contributed by atoms with Crippen molar-refractivity contribution in [3.8, 4) is 0 Å². The zero-order valence-electron chi connectivity index (χ0n) is 27.0. The van der Waals surface area contributed by atoms with Crippen LogP contribution in [-0.4, -0.2) is 68.7 Å². The van der Waals surface area contributed by atoms with Gasteiger partial charge in [-0.15, -0.1) is 0 Å². The maximum Gasteiger partial charge on any atom is 0.306 e. The van der Waals surface area contributed by atoms with E-state index in [9.17, 15) is 14.7 Å². The molecule has 237 valence electrons. The van der Waals surface area contributed by atoms with Crippen LogP contribution in [-0.2, 0) is 23.8 Å². The van der Waals surface area contributed by atoms with Gasteiger partial charge < -0.3 is 24.2 Å². The molecule has 0 saturated heterocycles. The van der Waals surface area contributed by atoms with Crippen LogP contribution in [0.15, 0.2) is 0 Å². The summed E-state index contributed by atoms with van der Waals surface area (Å²) < 4.78 is 17.1. The van der Waals surface area contributed by atoms with Gasteiger partial charge in [-0.1, -0.05) is 79.1 Å². The minimum Gasteiger partial charge on any atom is -0.465 e. The van der Waals surface area contributed by atoms with E-state index in [1.807, 2.05) is 14.1 Å². The second-order valence-corrected chi connectivity index (χ2v) is 12.2. The van der Waals surface area contributed by atoms with Gasteiger partial charge in [0.2, 0.25) is 0 Å². The summed E-state index contributed by atoms with van der Waals surface area (Å²) in [5, 5.41) is 10.4. The van der Waals surface area contributed by atoms with E-state index >= 15 is 0 Å². The van der Waals surface area contributed by atoms with Crippen LogP contribution in [0.25, 0.3) is 0 Å². The lowest BCUT2D eigenvalue weighted by Gasteiger charge is -2.30. The molecule has 0 fully saturated rings. The lowest BCUT2D eigenvalue weighted by Crippen LogP contribution is -2.38. The van der Waals surface area contributed by atoms with Crippen molar-refractivity contribution in [3.05, 3.63) is 6.92 Å². The number of rotatable bonds is 27. The first-order chi connectivity index (χ1) is 19.1. The van der Waals surface area contributed by atoms with Gasteiger partial charge in [0.25, 0.3) is 0 Å². The molecule has 0 aliphatic carbocycles. The van der Waals surface area contributed by atoms with E-state index in [0.29, 0.717) is 31.1 Å². The molecule has 0 aliphatic heterocycles. The fourth-order valence-electron chi connectivity index (χ4n) is 4.79. The number of hydrogen-bond acceptors (Lipinski definition) is 7. The third-order valence-corrected chi connectivity index (χ3v) is 7.49. The minimum atomic E-state index is -0.988. The number of aliphatic hydroxyl groups excluding tert-OH is 1. The second kappa shape index (κ2) is 24.4. The van der Waals surface area contributed by atoms with Crippen molar-refractivity contribution in [1.82, 2.24) is 4.90 Å². The summed E-state index contributed by atoms with van der Waals surface area (Å²) >= 11 is 0. The molecule has 40 heavy (non-hydrogen) atoms. The highest BCUT2D eigenvalue weighted by Crippen LogP contribution is 2.25. The van der Waals surface area contributed by atoms with Gasteiger partial charge >= 0.3 is 11.9 Å². The van der Waals surface area contributed by atoms with Crippen LogP contribution >= 0.6 is 0 Å². The highest BCUT2D eigenvalue weighted by molar-refractivity contribution is 5.70. The first-order valence-corrected chi connectivity index (χ1v) is 16.2. The van der Waals surface area contributed by atoms with E-state index in [2.05, 4.69) is 39.5 Å². The molecule has 1 atom stereocenters. The van der Waals surface area contributed by atoms with Crippen molar-refractivity contribution in [2.24, 2.45) is 17.3 Å². The number of carbonyl (C=O) groups is 2. The van der Waals surface area contributed by atoms with Gasteiger partial charge in [-0.25, -0.2) is 0 Å². The Bertz CT molecular complexity index is 572. The van der Waals surface area contributed by atoms with Crippen LogP contribution in [0.4, 0.5) is 0 Å². The molecule has 1 radical (unpaired) electrons. The van der Waals surface area contributed by atoms with Gasteiger partial charge in [0.05, 0.1) is 12.0 Å². The molecule has 0 aromatic heterocycles. The summed E-state index contributed by atoms with van der Waals surface area (Å²) in [6, 6.07) is 0. The Balaban J connectivity index is 5.16. The molecule has 0 aliphatic rings. The first-order valence-electron chi connectivity index (χ1n) is 16.2. The average Bonchev–Trinajstić information content (AvgIpc) is 2.92. The Morgan fingerprint density at radius 3 is 1.45 bits per heavy atom. The van der Waals surface area contributed by atoms with E-state index in [4.69, 9.17) is 14.2 Å². The number of carbonyl (C=O) groups excluding carboxylic acids is 2. The van der Waals surface area contributed by atoms with Gasteiger partial charge in [0, 0.05) is 12.8 Å². The Morgan fingerprint density at radius 2 is 1.10 bits per heavy atom. The Kier molecular flexibility index (Phi) is 23.7. The minimum absolute atomic E-state index is 0.0209. The normalized spacial score (nSPS) is 12.9.